The molecule has 3 aromatic rings. The topological polar surface area (TPSA) is 256 Å². The van der Waals surface area contributed by atoms with Gasteiger partial charge in [-0.3, -0.25) is 28.8 Å². The first-order valence-corrected chi connectivity index (χ1v) is 19.6. The number of amides is 3. The predicted molar refractivity (Wildman–Crippen MR) is 216 cm³/mol. The van der Waals surface area contributed by atoms with Gasteiger partial charge in [0.15, 0.2) is 12.2 Å². The third-order valence-corrected chi connectivity index (χ3v) is 9.45. The number of fused-ring (bicyclic) bond motifs is 3. The quantitative estimate of drug-likeness (QED) is 0.130. The van der Waals surface area contributed by atoms with Crippen LogP contribution in [0.2, 0.25) is 0 Å². The summed E-state index contributed by atoms with van der Waals surface area (Å²) >= 11 is 0. The number of benzene rings is 3. The van der Waals surface area contributed by atoms with Gasteiger partial charge in [-0.05, 0) is 39.9 Å². The lowest BCUT2D eigenvalue weighted by atomic mass is 9.98. The Morgan fingerprint density at radius 2 is 1.25 bits per heavy atom. The summed E-state index contributed by atoms with van der Waals surface area (Å²) in [7, 11) is 1.15. The maximum absolute atomic E-state index is 13.4. The van der Waals surface area contributed by atoms with Gasteiger partial charge < -0.3 is 58.6 Å². The van der Waals surface area contributed by atoms with E-state index in [1.807, 2.05) is 48.5 Å². The Morgan fingerprint density at radius 1 is 0.651 bits per heavy atom. The van der Waals surface area contributed by atoms with Crippen LogP contribution in [0.15, 0.2) is 66.7 Å². The van der Waals surface area contributed by atoms with Gasteiger partial charge in [0, 0.05) is 46.6 Å². The van der Waals surface area contributed by atoms with E-state index >= 15 is 0 Å². The van der Waals surface area contributed by atoms with Crippen molar-refractivity contribution in [1.29, 1.82) is 0 Å². The molecule has 2 aliphatic rings. The molecule has 3 aromatic carbocycles. The third-order valence-electron chi connectivity index (χ3n) is 9.45. The summed E-state index contributed by atoms with van der Waals surface area (Å²) in [6, 6.07) is 19.9. The number of rotatable bonds is 17. The van der Waals surface area contributed by atoms with Gasteiger partial charge >= 0.3 is 42.0 Å². The number of hydrogen-bond donors (Lipinski definition) is 3. The van der Waals surface area contributed by atoms with Crippen LogP contribution >= 0.6 is 0 Å². The van der Waals surface area contributed by atoms with E-state index in [0.29, 0.717) is 5.56 Å². The van der Waals surface area contributed by atoms with Crippen LogP contribution < -0.4 is 20.7 Å². The highest BCUT2D eigenvalue weighted by molar-refractivity contribution is 5.92. The van der Waals surface area contributed by atoms with Gasteiger partial charge in [-0.15, -0.1) is 0 Å². The van der Waals surface area contributed by atoms with Crippen molar-refractivity contribution in [3.8, 4) is 16.9 Å². The zero-order chi connectivity index (χ0) is 45.6. The number of alkyl carbamates (subject to hydrolysis) is 2. The SMILES string of the molecule is COC(=O)CNC(=O)OCc1ccc(O[C@H]2O[C@H](COC(C)=O)[C@@H](OC(C)=O)[C@H](OC(C)=O)[C@@H]2OC(C)=O)c(NC(=O)CCNC(=O)OCC2c3ccccc3-c3ccccc32)c1. The first kappa shape index (κ1) is 46.8. The molecule has 0 aromatic heterocycles. The second kappa shape index (κ2) is 22.0. The molecule has 1 aliphatic carbocycles. The monoisotopic (exact) mass is 877 g/mol. The van der Waals surface area contributed by atoms with Crippen LogP contribution in [0.3, 0.4) is 0 Å². The molecule has 20 heteroatoms. The maximum atomic E-state index is 13.4. The first-order chi connectivity index (χ1) is 30.1. The van der Waals surface area contributed by atoms with Crippen LogP contribution in [0, 0.1) is 0 Å². The van der Waals surface area contributed by atoms with Crippen LogP contribution in [0.1, 0.15) is 56.7 Å². The lowest BCUT2D eigenvalue weighted by molar-refractivity contribution is -0.288. The number of ether oxygens (including phenoxy) is 9. The minimum Gasteiger partial charge on any atom is -0.468 e. The van der Waals surface area contributed by atoms with Crippen molar-refractivity contribution >= 4 is 53.6 Å². The van der Waals surface area contributed by atoms with E-state index in [1.54, 1.807) is 0 Å². The fourth-order valence-corrected chi connectivity index (χ4v) is 6.83. The van der Waals surface area contributed by atoms with Gasteiger partial charge in [0.2, 0.25) is 18.3 Å². The molecule has 5 rings (SSSR count). The van der Waals surface area contributed by atoms with E-state index in [9.17, 15) is 38.4 Å². The molecule has 63 heavy (non-hydrogen) atoms. The minimum absolute atomic E-state index is 0.0370. The predicted octanol–water partition coefficient (Wildman–Crippen LogP) is 3.42. The second-order valence-corrected chi connectivity index (χ2v) is 14.1. The Bertz CT molecular complexity index is 2150. The summed E-state index contributed by atoms with van der Waals surface area (Å²) in [5.74, 6) is -4.92. The Labute approximate surface area is 361 Å². The maximum Gasteiger partial charge on any atom is 0.407 e. The van der Waals surface area contributed by atoms with Crippen LogP contribution in [-0.2, 0) is 73.3 Å². The van der Waals surface area contributed by atoms with Crippen LogP contribution in [-0.4, -0.2) is 112 Å². The molecule has 1 saturated heterocycles. The normalized spacial score (nSPS) is 18.5. The first-order valence-electron chi connectivity index (χ1n) is 19.6. The number of nitrogens with one attached hydrogen (secondary N) is 3. The minimum atomic E-state index is -1.66. The van der Waals surface area contributed by atoms with Crippen molar-refractivity contribution in [3.05, 3.63) is 83.4 Å². The fraction of sp³-hybridized carbons (Fsp3) is 0.395. The van der Waals surface area contributed by atoms with Crippen molar-refractivity contribution < 1.29 is 81.0 Å². The summed E-state index contributed by atoms with van der Waals surface area (Å²) in [4.78, 5) is 98.6. The summed E-state index contributed by atoms with van der Waals surface area (Å²) in [6.45, 7) is 2.89. The van der Waals surface area contributed by atoms with Crippen molar-refractivity contribution in [2.24, 2.45) is 0 Å². The molecule has 336 valence electrons. The molecule has 1 fully saturated rings. The number of carbonyl (C=O) groups excluding carboxylic acids is 8. The van der Waals surface area contributed by atoms with Crippen LogP contribution in [0.5, 0.6) is 5.75 Å². The molecule has 0 radical (unpaired) electrons. The van der Waals surface area contributed by atoms with Crippen LogP contribution in [0.25, 0.3) is 11.1 Å². The van der Waals surface area contributed by atoms with Crippen LogP contribution in [0.4, 0.5) is 15.3 Å². The van der Waals surface area contributed by atoms with E-state index in [4.69, 9.17) is 37.9 Å². The highest BCUT2D eigenvalue weighted by Crippen LogP contribution is 2.44. The smallest absolute Gasteiger partial charge is 0.407 e. The number of carbonyl (C=O) groups is 8. The lowest BCUT2D eigenvalue weighted by Gasteiger charge is -2.44. The van der Waals surface area contributed by atoms with Gasteiger partial charge in [0.25, 0.3) is 0 Å². The molecule has 3 amide bonds. The molecule has 20 nitrogen and oxygen atoms in total. The van der Waals surface area contributed by atoms with Crippen molar-refractivity contribution in [3.63, 3.8) is 0 Å². The van der Waals surface area contributed by atoms with E-state index in [2.05, 4.69) is 20.7 Å². The zero-order valence-corrected chi connectivity index (χ0v) is 35.0. The highest BCUT2D eigenvalue weighted by atomic mass is 16.7. The molecule has 0 bridgehead atoms. The second-order valence-electron chi connectivity index (χ2n) is 14.1. The number of hydrogen-bond acceptors (Lipinski definition) is 17. The molecule has 5 atom stereocenters. The molecule has 3 N–H and O–H groups in total. The highest BCUT2D eigenvalue weighted by Gasteiger charge is 2.53. The Balaban J connectivity index is 1.32. The number of anilines is 1. The van der Waals surface area contributed by atoms with Crippen molar-refractivity contribution in [1.82, 2.24) is 10.6 Å². The van der Waals surface area contributed by atoms with E-state index in [0.717, 1.165) is 57.1 Å². The van der Waals surface area contributed by atoms with Gasteiger partial charge in [-0.2, -0.15) is 0 Å². The Hall–Kier alpha value is -7.22. The summed E-state index contributed by atoms with van der Waals surface area (Å²) in [5, 5.41) is 7.47. The zero-order valence-electron chi connectivity index (χ0n) is 35.0. The average molecular weight is 878 g/mol. The van der Waals surface area contributed by atoms with E-state index in [-0.39, 0.29) is 43.5 Å². The van der Waals surface area contributed by atoms with Gasteiger partial charge in [0.05, 0.1) is 12.8 Å². The number of methoxy groups -OCH3 is 1. The summed E-state index contributed by atoms with van der Waals surface area (Å²) in [6.07, 6.45) is -9.57. The standard InChI is InChI=1S/C43H47N3O17/c1-23(47)56-22-35-38(59-24(2)48)39(60-25(3)49)40(61-26(4)50)41(63-35)62-34-15-14-27(20-57-43(54)45-19-37(52)55-5)18-33(34)46-36(51)16-17-44-42(53)58-21-32-30-12-8-6-10-28(30)29-11-7-9-13-31(29)32/h6-15,18,32,35,38-41H,16-17,19-22H2,1-5H3,(H,44,53)(H,45,54)(H,46,51)/t35-,38-,39+,40+,41+/m1/s1. The summed E-state index contributed by atoms with van der Waals surface area (Å²) in [5.41, 5.74) is 4.46. The van der Waals surface area contributed by atoms with Crippen molar-refractivity contribution in [2.75, 3.05) is 38.7 Å². The Kier molecular flexibility index (Phi) is 16.4. The van der Waals surface area contributed by atoms with Crippen molar-refractivity contribution in [2.45, 2.75) is 77.3 Å². The third kappa shape index (κ3) is 13.1. The lowest BCUT2D eigenvalue weighted by Crippen LogP contribution is -2.63. The van der Waals surface area contributed by atoms with Gasteiger partial charge in [0.1, 0.15) is 38.2 Å². The fourth-order valence-electron chi connectivity index (χ4n) is 6.83. The van der Waals surface area contributed by atoms with Gasteiger partial charge in [-0.1, -0.05) is 54.6 Å². The molecular weight excluding hydrogens is 830 g/mol. The molecule has 1 aliphatic heterocycles. The van der Waals surface area contributed by atoms with E-state index < -0.39 is 91.8 Å². The van der Waals surface area contributed by atoms with E-state index in [1.165, 1.54) is 18.2 Å². The molecule has 0 unspecified atom stereocenters. The molecule has 0 spiro atoms. The molecular formula is C43H47N3O17. The molecule has 0 saturated carbocycles. The summed E-state index contributed by atoms with van der Waals surface area (Å²) < 4.78 is 49.0. The molecule has 1 heterocycles. The van der Waals surface area contributed by atoms with Gasteiger partial charge in [-0.25, -0.2) is 9.59 Å². The largest absolute Gasteiger partial charge is 0.468 e. The average Bonchev–Trinajstić information content (AvgIpc) is 3.56. The Morgan fingerprint density at radius 3 is 1.87 bits per heavy atom. The number of esters is 5.